The predicted octanol–water partition coefficient (Wildman–Crippen LogP) is 0.583. The molecule has 94 valence electrons. The van der Waals surface area contributed by atoms with E-state index in [4.69, 9.17) is 4.74 Å². The van der Waals surface area contributed by atoms with Gasteiger partial charge >= 0.3 is 0 Å². The summed E-state index contributed by atoms with van der Waals surface area (Å²) in [6, 6.07) is 6.35. The molecule has 1 amide bonds. The average molecular weight is 247 g/mol. The van der Waals surface area contributed by atoms with Gasteiger partial charge in [-0.15, -0.1) is 0 Å². The summed E-state index contributed by atoms with van der Waals surface area (Å²) in [5, 5.41) is 2.53. The Kier molecular flexibility index (Phi) is 3.41. The van der Waals surface area contributed by atoms with E-state index in [2.05, 4.69) is 5.32 Å². The molecule has 5 nitrogen and oxygen atoms in total. The third-order valence-corrected chi connectivity index (χ3v) is 2.89. The van der Waals surface area contributed by atoms with Gasteiger partial charge in [-0.2, -0.15) is 0 Å². The molecule has 1 heterocycles. The first kappa shape index (κ1) is 12.3. The van der Waals surface area contributed by atoms with E-state index < -0.39 is 17.6 Å². The summed E-state index contributed by atoms with van der Waals surface area (Å²) < 4.78 is 4.98. The smallest absolute Gasteiger partial charge is 0.238 e. The minimum absolute atomic E-state index is 0.207. The van der Waals surface area contributed by atoms with Gasteiger partial charge in [0.15, 0.2) is 17.5 Å². The van der Waals surface area contributed by atoms with E-state index in [1.807, 2.05) is 0 Å². The highest BCUT2D eigenvalue weighted by Crippen LogP contribution is 2.17. The van der Waals surface area contributed by atoms with Crippen LogP contribution in [0.25, 0.3) is 0 Å². The molecule has 0 aromatic heterocycles. The summed E-state index contributed by atoms with van der Waals surface area (Å²) in [5.41, 5.74) is 0.339. The molecular formula is C13H13NO4. The minimum Gasteiger partial charge on any atom is -0.497 e. The van der Waals surface area contributed by atoms with Gasteiger partial charge in [-0.05, 0) is 24.3 Å². The van der Waals surface area contributed by atoms with Gasteiger partial charge in [0.1, 0.15) is 5.75 Å². The van der Waals surface area contributed by atoms with E-state index in [-0.39, 0.29) is 12.2 Å². The number of piperidine rings is 1. The summed E-state index contributed by atoms with van der Waals surface area (Å²) in [5.74, 6) is -1.87. The molecule has 0 saturated carbocycles. The van der Waals surface area contributed by atoms with Crippen molar-refractivity contribution in [1.29, 1.82) is 0 Å². The number of nitrogens with one attached hydrogen (secondary N) is 1. The Hall–Kier alpha value is -2.17. The normalized spacial score (nSPS) is 19.3. The van der Waals surface area contributed by atoms with E-state index in [1.165, 1.54) is 7.11 Å². The van der Waals surface area contributed by atoms with Crippen molar-refractivity contribution >= 4 is 17.5 Å². The molecule has 1 atom stereocenters. The molecule has 1 aliphatic rings. The lowest BCUT2D eigenvalue weighted by atomic mass is 9.89. The van der Waals surface area contributed by atoms with Gasteiger partial charge in [-0.1, -0.05) is 0 Å². The molecule has 0 spiro atoms. The Morgan fingerprint density at radius 1 is 1.28 bits per heavy atom. The zero-order chi connectivity index (χ0) is 13.1. The fourth-order valence-electron chi connectivity index (χ4n) is 1.89. The predicted molar refractivity (Wildman–Crippen MR) is 63.4 cm³/mol. The van der Waals surface area contributed by atoms with Crippen molar-refractivity contribution in [3.8, 4) is 5.75 Å². The SMILES string of the molecule is COc1ccc(C(=O)C2C(=O)CCNC2=O)cc1. The second-order valence-electron chi connectivity index (χ2n) is 4.03. The number of hydrogen-bond donors (Lipinski definition) is 1. The highest BCUT2D eigenvalue weighted by molar-refractivity contribution is 6.24. The number of amides is 1. The van der Waals surface area contributed by atoms with Crippen LogP contribution >= 0.6 is 0 Å². The third-order valence-electron chi connectivity index (χ3n) is 2.89. The molecule has 1 aromatic rings. The van der Waals surface area contributed by atoms with Crippen LogP contribution in [0.4, 0.5) is 0 Å². The van der Waals surface area contributed by atoms with E-state index in [9.17, 15) is 14.4 Å². The lowest BCUT2D eigenvalue weighted by Crippen LogP contribution is -2.46. The van der Waals surface area contributed by atoms with Crippen LogP contribution in [0.15, 0.2) is 24.3 Å². The number of methoxy groups -OCH3 is 1. The standard InChI is InChI=1S/C13H13NO4/c1-18-9-4-2-8(3-5-9)12(16)11-10(15)6-7-14-13(11)17/h2-5,11H,6-7H2,1H3,(H,14,17). The van der Waals surface area contributed by atoms with Gasteiger partial charge in [0, 0.05) is 18.5 Å². The number of benzene rings is 1. The Labute approximate surface area is 104 Å². The molecule has 1 N–H and O–H groups in total. The maximum absolute atomic E-state index is 12.1. The lowest BCUT2D eigenvalue weighted by molar-refractivity contribution is -0.134. The fourth-order valence-corrected chi connectivity index (χ4v) is 1.89. The van der Waals surface area contributed by atoms with E-state index >= 15 is 0 Å². The largest absolute Gasteiger partial charge is 0.497 e. The summed E-state index contributed by atoms with van der Waals surface area (Å²) in [7, 11) is 1.52. The number of carbonyl (C=O) groups excluding carboxylic acids is 3. The molecule has 2 rings (SSSR count). The number of hydrogen-bond acceptors (Lipinski definition) is 4. The second kappa shape index (κ2) is 5.00. The summed E-state index contributed by atoms with van der Waals surface area (Å²) >= 11 is 0. The maximum atomic E-state index is 12.1. The molecular weight excluding hydrogens is 234 g/mol. The average Bonchev–Trinajstić information content (AvgIpc) is 2.38. The van der Waals surface area contributed by atoms with Gasteiger partial charge < -0.3 is 10.1 Å². The van der Waals surface area contributed by atoms with Gasteiger partial charge in [0.05, 0.1) is 7.11 Å². The van der Waals surface area contributed by atoms with Crippen molar-refractivity contribution < 1.29 is 19.1 Å². The van der Waals surface area contributed by atoms with Gasteiger partial charge in [0.2, 0.25) is 5.91 Å². The van der Waals surface area contributed by atoms with Crippen LogP contribution in [-0.2, 0) is 9.59 Å². The van der Waals surface area contributed by atoms with Crippen LogP contribution in [0, 0.1) is 5.92 Å². The zero-order valence-electron chi connectivity index (χ0n) is 9.93. The molecule has 5 heteroatoms. The van der Waals surface area contributed by atoms with Gasteiger partial charge in [-0.3, -0.25) is 14.4 Å². The lowest BCUT2D eigenvalue weighted by Gasteiger charge is -2.19. The van der Waals surface area contributed by atoms with Crippen LogP contribution < -0.4 is 10.1 Å². The topological polar surface area (TPSA) is 72.5 Å². The minimum atomic E-state index is -1.20. The molecule has 0 bridgehead atoms. The molecule has 1 unspecified atom stereocenters. The summed E-state index contributed by atoms with van der Waals surface area (Å²) in [4.78, 5) is 35.3. The van der Waals surface area contributed by atoms with Crippen molar-refractivity contribution in [2.45, 2.75) is 6.42 Å². The van der Waals surface area contributed by atoms with E-state index in [0.717, 1.165) is 0 Å². The summed E-state index contributed by atoms with van der Waals surface area (Å²) in [6.45, 7) is 0.310. The highest BCUT2D eigenvalue weighted by atomic mass is 16.5. The van der Waals surface area contributed by atoms with Crippen LogP contribution in [-0.4, -0.2) is 31.1 Å². The van der Waals surface area contributed by atoms with E-state index in [1.54, 1.807) is 24.3 Å². The Morgan fingerprint density at radius 3 is 2.50 bits per heavy atom. The first-order valence-electron chi connectivity index (χ1n) is 5.62. The molecule has 18 heavy (non-hydrogen) atoms. The number of Topliss-reactive ketones (excluding diaryl/α,β-unsaturated/α-hetero) is 2. The van der Waals surface area contributed by atoms with Crippen molar-refractivity contribution in [3.63, 3.8) is 0 Å². The van der Waals surface area contributed by atoms with Crippen molar-refractivity contribution in [1.82, 2.24) is 5.32 Å². The van der Waals surface area contributed by atoms with Gasteiger partial charge in [0.25, 0.3) is 0 Å². The van der Waals surface area contributed by atoms with E-state index in [0.29, 0.717) is 17.9 Å². The molecule has 0 radical (unpaired) electrons. The molecule has 1 saturated heterocycles. The number of carbonyl (C=O) groups is 3. The second-order valence-corrected chi connectivity index (χ2v) is 4.03. The maximum Gasteiger partial charge on any atom is 0.238 e. The zero-order valence-corrected chi connectivity index (χ0v) is 9.93. The number of ether oxygens (including phenoxy) is 1. The van der Waals surface area contributed by atoms with Gasteiger partial charge in [-0.25, -0.2) is 0 Å². The highest BCUT2D eigenvalue weighted by Gasteiger charge is 2.36. The van der Waals surface area contributed by atoms with Crippen LogP contribution in [0.5, 0.6) is 5.75 Å². The molecule has 1 aromatic carbocycles. The number of rotatable bonds is 3. The first-order chi connectivity index (χ1) is 8.63. The molecule has 1 fully saturated rings. The Morgan fingerprint density at radius 2 is 1.94 bits per heavy atom. The Balaban J connectivity index is 2.23. The van der Waals surface area contributed by atoms with Crippen molar-refractivity contribution in [2.24, 2.45) is 5.92 Å². The molecule has 0 aliphatic carbocycles. The van der Waals surface area contributed by atoms with Crippen LogP contribution in [0.3, 0.4) is 0 Å². The summed E-state index contributed by atoms with van der Waals surface area (Å²) in [6.07, 6.45) is 0.207. The van der Waals surface area contributed by atoms with Crippen molar-refractivity contribution in [2.75, 3.05) is 13.7 Å². The van der Waals surface area contributed by atoms with Crippen LogP contribution in [0.1, 0.15) is 16.8 Å². The quantitative estimate of drug-likeness (QED) is 0.626. The Bertz CT molecular complexity index is 476. The van der Waals surface area contributed by atoms with Crippen LogP contribution in [0.2, 0.25) is 0 Å². The fraction of sp³-hybridized carbons (Fsp3) is 0.308. The first-order valence-corrected chi connectivity index (χ1v) is 5.62. The number of ketones is 2. The molecule has 1 aliphatic heterocycles. The van der Waals surface area contributed by atoms with Crippen molar-refractivity contribution in [3.05, 3.63) is 29.8 Å². The third kappa shape index (κ3) is 2.25. The monoisotopic (exact) mass is 247 g/mol.